The standard InChI is InChI=1S/C23H31NO4/c1-5-6-7-18(23(25)28-4)16-22(17-8-12-20(26-2)13-9-17)24-19-10-14-21(27-3)15-11-19/h8-15,18,22,24H,5-7,16H2,1-4H3/t18-,22+/m1/s1. The van der Waals surface area contributed by atoms with Gasteiger partial charge in [0, 0.05) is 5.69 Å². The number of hydrogen-bond donors (Lipinski definition) is 1. The lowest BCUT2D eigenvalue weighted by molar-refractivity contribution is -0.146. The first-order chi connectivity index (χ1) is 13.6. The van der Waals surface area contributed by atoms with E-state index in [9.17, 15) is 4.79 Å². The Bertz CT molecular complexity index is 712. The van der Waals surface area contributed by atoms with Crippen molar-refractivity contribution in [3.05, 3.63) is 54.1 Å². The van der Waals surface area contributed by atoms with Crippen LogP contribution in [0.1, 0.15) is 44.2 Å². The van der Waals surface area contributed by atoms with Crippen LogP contribution < -0.4 is 14.8 Å². The van der Waals surface area contributed by atoms with E-state index in [2.05, 4.69) is 12.2 Å². The molecule has 152 valence electrons. The molecule has 28 heavy (non-hydrogen) atoms. The van der Waals surface area contributed by atoms with Crippen molar-refractivity contribution < 1.29 is 19.0 Å². The number of unbranched alkanes of at least 4 members (excludes halogenated alkanes) is 1. The highest BCUT2D eigenvalue weighted by atomic mass is 16.5. The fourth-order valence-corrected chi connectivity index (χ4v) is 3.24. The van der Waals surface area contributed by atoms with Gasteiger partial charge in [-0.1, -0.05) is 31.9 Å². The summed E-state index contributed by atoms with van der Waals surface area (Å²) >= 11 is 0. The molecular formula is C23H31NO4. The topological polar surface area (TPSA) is 56.8 Å². The maximum Gasteiger partial charge on any atom is 0.308 e. The van der Waals surface area contributed by atoms with Crippen LogP contribution in [0.5, 0.6) is 11.5 Å². The molecule has 2 aromatic carbocycles. The van der Waals surface area contributed by atoms with Gasteiger partial charge in [-0.25, -0.2) is 0 Å². The van der Waals surface area contributed by atoms with Crippen LogP contribution >= 0.6 is 0 Å². The highest BCUT2D eigenvalue weighted by Crippen LogP contribution is 2.30. The number of benzene rings is 2. The zero-order chi connectivity index (χ0) is 20.4. The molecule has 5 nitrogen and oxygen atoms in total. The normalized spacial score (nSPS) is 12.7. The summed E-state index contributed by atoms with van der Waals surface area (Å²) in [5, 5.41) is 3.57. The molecule has 2 aromatic rings. The number of esters is 1. The quantitative estimate of drug-likeness (QED) is 0.537. The summed E-state index contributed by atoms with van der Waals surface area (Å²) < 4.78 is 15.6. The molecule has 2 atom stereocenters. The summed E-state index contributed by atoms with van der Waals surface area (Å²) in [5.41, 5.74) is 2.07. The van der Waals surface area contributed by atoms with E-state index in [1.807, 2.05) is 48.5 Å². The van der Waals surface area contributed by atoms with Crippen molar-refractivity contribution in [2.45, 2.75) is 38.6 Å². The van der Waals surface area contributed by atoms with E-state index in [4.69, 9.17) is 14.2 Å². The highest BCUT2D eigenvalue weighted by Gasteiger charge is 2.24. The van der Waals surface area contributed by atoms with E-state index in [0.717, 1.165) is 42.0 Å². The van der Waals surface area contributed by atoms with Gasteiger partial charge in [0.15, 0.2) is 0 Å². The number of carbonyl (C=O) groups is 1. The van der Waals surface area contributed by atoms with Crippen LogP contribution in [0.2, 0.25) is 0 Å². The molecule has 0 aromatic heterocycles. The van der Waals surface area contributed by atoms with Gasteiger partial charge < -0.3 is 19.5 Å². The minimum Gasteiger partial charge on any atom is -0.497 e. The van der Waals surface area contributed by atoms with Gasteiger partial charge in [-0.05, 0) is 54.8 Å². The molecule has 0 radical (unpaired) electrons. The van der Waals surface area contributed by atoms with E-state index in [-0.39, 0.29) is 17.9 Å². The molecule has 0 heterocycles. The number of ether oxygens (including phenoxy) is 3. The monoisotopic (exact) mass is 385 g/mol. The van der Waals surface area contributed by atoms with Crippen molar-refractivity contribution in [1.82, 2.24) is 0 Å². The number of anilines is 1. The zero-order valence-corrected chi connectivity index (χ0v) is 17.2. The van der Waals surface area contributed by atoms with Gasteiger partial charge >= 0.3 is 5.97 Å². The maximum absolute atomic E-state index is 12.3. The van der Waals surface area contributed by atoms with Gasteiger partial charge in [-0.15, -0.1) is 0 Å². The first-order valence-corrected chi connectivity index (χ1v) is 9.73. The Morgan fingerprint density at radius 2 is 1.50 bits per heavy atom. The summed E-state index contributed by atoms with van der Waals surface area (Å²) in [5.74, 6) is 1.32. The second kappa shape index (κ2) is 11.2. The molecular weight excluding hydrogens is 354 g/mol. The number of rotatable bonds is 11. The minimum atomic E-state index is -0.150. The van der Waals surface area contributed by atoms with Crippen LogP contribution in [0, 0.1) is 5.92 Å². The van der Waals surface area contributed by atoms with Gasteiger partial charge in [0.2, 0.25) is 0 Å². The molecule has 0 fully saturated rings. The fraction of sp³-hybridized carbons (Fsp3) is 0.435. The Kier molecular flexibility index (Phi) is 8.66. The van der Waals surface area contributed by atoms with Crippen molar-refractivity contribution in [2.75, 3.05) is 26.6 Å². The van der Waals surface area contributed by atoms with Gasteiger partial charge in [0.1, 0.15) is 11.5 Å². The van der Waals surface area contributed by atoms with Crippen LogP contribution in [-0.2, 0) is 9.53 Å². The van der Waals surface area contributed by atoms with Crippen LogP contribution in [0.4, 0.5) is 5.69 Å². The molecule has 0 aliphatic heterocycles. The molecule has 1 N–H and O–H groups in total. The first kappa shape index (κ1) is 21.6. The Labute approximate surface area is 168 Å². The second-order valence-corrected chi connectivity index (χ2v) is 6.80. The molecule has 0 unspecified atom stereocenters. The third-order valence-electron chi connectivity index (χ3n) is 4.91. The van der Waals surface area contributed by atoms with Crippen LogP contribution in [-0.4, -0.2) is 27.3 Å². The summed E-state index contributed by atoms with van der Waals surface area (Å²) in [6.07, 6.45) is 3.52. The van der Waals surface area contributed by atoms with E-state index in [1.165, 1.54) is 7.11 Å². The van der Waals surface area contributed by atoms with E-state index >= 15 is 0 Å². The summed E-state index contributed by atoms with van der Waals surface area (Å²) in [6.45, 7) is 2.13. The molecule has 2 rings (SSSR count). The summed E-state index contributed by atoms with van der Waals surface area (Å²) in [4.78, 5) is 12.3. The highest BCUT2D eigenvalue weighted by molar-refractivity contribution is 5.72. The van der Waals surface area contributed by atoms with Crippen molar-refractivity contribution >= 4 is 11.7 Å². The smallest absolute Gasteiger partial charge is 0.308 e. The molecule has 0 spiro atoms. The van der Waals surface area contributed by atoms with E-state index in [0.29, 0.717) is 6.42 Å². The van der Waals surface area contributed by atoms with Gasteiger partial charge in [0.25, 0.3) is 0 Å². The lowest BCUT2D eigenvalue weighted by Gasteiger charge is -2.25. The van der Waals surface area contributed by atoms with Crippen LogP contribution in [0.15, 0.2) is 48.5 Å². The second-order valence-electron chi connectivity index (χ2n) is 6.80. The van der Waals surface area contributed by atoms with Gasteiger partial charge in [-0.3, -0.25) is 4.79 Å². The number of nitrogens with one attached hydrogen (secondary N) is 1. The molecule has 0 saturated carbocycles. The predicted octanol–water partition coefficient (Wildman–Crippen LogP) is 5.23. The largest absolute Gasteiger partial charge is 0.497 e. The predicted molar refractivity (Wildman–Crippen MR) is 112 cm³/mol. The SMILES string of the molecule is CCCC[C@H](C[C@H](Nc1ccc(OC)cc1)c1ccc(OC)cc1)C(=O)OC. The molecule has 0 amide bonds. The lowest BCUT2D eigenvalue weighted by Crippen LogP contribution is -2.22. The number of hydrogen-bond acceptors (Lipinski definition) is 5. The third-order valence-corrected chi connectivity index (χ3v) is 4.91. The van der Waals surface area contributed by atoms with Crippen LogP contribution in [0.3, 0.4) is 0 Å². The van der Waals surface area contributed by atoms with Gasteiger partial charge in [0.05, 0.1) is 33.3 Å². The summed E-state index contributed by atoms with van der Waals surface area (Å²) in [6, 6.07) is 15.7. The van der Waals surface area contributed by atoms with E-state index in [1.54, 1.807) is 14.2 Å². The molecule has 0 bridgehead atoms. The van der Waals surface area contributed by atoms with Crippen LogP contribution in [0.25, 0.3) is 0 Å². The van der Waals surface area contributed by atoms with E-state index < -0.39 is 0 Å². The Balaban J connectivity index is 2.25. The van der Waals surface area contributed by atoms with Crippen molar-refractivity contribution in [1.29, 1.82) is 0 Å². The Hall–Kier alpha value is -2.69. The number of methoxy groups -OCH3 is 3. The molecule has 0 aliphatic carbocycles. The van der Waals surface area contributed by atoms with Crippen molar-refractivity contribution in [2.24, 2.45) is 5.92 Å². The Morgan fingerprint density at radius 1 is 0.929 bits per heavy atom. The first-order valence-electron chi connectivity index (χ1n) is 9.73. The average molecular weight is 386 g/mol. The van der Waals surface area contributed by atoms with Gasteiger partial charge in [-0.2, -0.15) is 0 Å². The molecule has 0 saturated heterocycles. The average Bonchev–Trinajstić information content (AvgIpc) is 2.75. The Morgan fingerprint density at radius 3 is 2.00 bits per heavy atom. The summed E-state index contributed by atoms with van der Waals surface area (Å²) in [7, 11) is 4.76. The minimum absolute atomic E-state index is 0.0275. The van der Waals surface area contributed by atoms with Crippen molar-refractivity contribution in [3.8, 4) is 11.5 Å². The maximum atomic E-state index is 12.3. The fourth-order valence-electron chi connectivity index (χ4n) is 3.24. The molecule has 0 aliphatic rings. The lowest BCUT2D eigenvalue weighted by atomic mass is 9.90. The third kappa shape index (κ3) is 6.19. The number of carbonyl (C=O) groups excluding carboxylic acids is 1. The molecule has 5 heteroatoms. The zero-order valence-electron chi connectivity index (χ0n) is 17.2. The van der Waals surface area contributed by atoms with Crippen molar-refractivity contribution in [3.63, 3.8) is 0 Å².